The highest BCUT2D eigenvalue weighted by Crippen LogP contribution is 2.33. The van der Waals surface area contributed by atoms with Crippen molar-refractivity contribution in [3.63, 3.8) is 0 Å². The zero-order valence-corrected chi connectivity index (χ0v) is 14.1. The molecule has 1 aromatic carbocycles. The summed E-state index contributed by atoms with van der Waals surface area (Å²) in [6.07, 6.45) is 0.983. The summed E-state index contributed by atoms with van der Waals surface area (Å²) in [5, 5.41) is 8.02. The van der Waals surface area contributed by atoms with E-state index in [1.54, 1.807) is 6.07 Å². The Morgan fingerprint density at radius 2 is 1.76 bits per heavy atom. The average molecular weight is 345 g/mol. The van der Waals surface area contributed by atoms with E-state index in [1.807, 2.05) is 25.1 Å². The molecule has 0 radical (unpaired) electrons. The molecule has 1 heterocycles. The molecule has 0 saturated carbocycles. The van der Waals surface area contributed by atoms with Gasteiger partial charge in [-0.15, -0.1) is 0 Å². The molecule has 0 unspecified atom stereocenters. The monoisotopic (exact) mass is 343 g/mol. The van der Waals surface area contributed by atoms with E-state index in [1.165, 1.54) is 0 Å². The summed E-state index contributed by atoms with van der Waals surface area (Å²) < 4.78 is 0. The van der Waals surface area contributed by atoms with Gasteiger partial charge in [0, 0.05) is 17.3 Å². The van der Waals surface area contributed by atoms with Crippen LogP contribution in [-0.2, 0) is 0 Å². The number of nitrogens with zero attached hydrogens (tertiary/aromatic N) is 1. The lowest BCUT2D eigenvalue weighted by Gasteiger charge is -2.14. The Morgan fingerprint density at radius 3 is 2.48 bits per heavy atom. The molecule has 0 spiro atoms. The number of hydrogen-bond acceptors (Lipinski definition) is 3. The molecule has 1 aromatic heterocycles. The van der Waals surface area contributed by atoms with Crippen LogP contribution in [-0.4, -0.2) is 11.5 Å². The predicted molar refractivity (Wildman–Crippen MR) is 92.5 cm³/mol. The molecule has 0 saturated heterocycles. The van der Waals surface area contributed by atoms with Gasteiger partial charge in [-0.2, -0.15) is 0 Å². The van der Waals surface area contributed by atoms with Crippen LogP contribution in [0.4, 0.5) is 17.3 Å². The first-order valence-electron chi connectivity index (χ1n) is 6.65. The molecule has 0 aliphatic carbocycles. The Kier molecular flexibility index (Phi) is 5.57. The zero-order valence-electron chi connectivity index (χ0n) is 11.8. The van der Waals surface area contributed by atoms with Gasteiger partial charge in [0.05, 0.1) is 10.0 Å². The Hall–Kier alpha value is -1.16. The molecule has 2 aromatic rings. The van der Waals surface area contributed by atoms with Crippen molar-refractivity contribution in [3.8, 4) is 0 Å². The maximum atomic E-state index is 6.21. The van der Waals surface area contributed by atoms with E-state index in [4.69, 9.17) is 34.8 Å². The number of anilines is 3. The van der Waals surface area contributed by atoms with Gasteiger partial charge in [-0.05, 0) is 37.1 Å². The third-order valence-electron chi connectivity index (χ3n) is 2.99. The van der Waals surface area contributed by atoms with Crippen molar-refractivity contribution in [3.05, 3.63) is 44.9 Å². The Morgan fingerprint density at radius 1 is 1.05 bits per heavy atom. The van der Waals surface area contributed by atoms with Gasteiger partial charge in [0.1, 0.15) is 5.82 Å². The zero-order chi connectivity index (χ0) is 15.4. The molecule has 0 atom stereocenters. The summed E-state index contributed by atoms with van der Waals surface area (Å²) >= 11 is 18.5. The SMILES string of the molecule is CCCNc1nc(Nc2cccc(Cl)c2C)c(Cl)cc1Cl. The summed E-state index contributed by atoms with van der Waals surface area (Å²) in [5.74, 6) is 1.16. The summed E-state index contributed by atoms with van der Waals surface area (Å²) in [6.45, 7) is 4.81. The van der Waals surface area contributed by atoms with E-state index < -0.39 is 0 Å². The quantitative estimate of drug-likeness (QED) is 0.707. The van der Waals surface area contributed by atoms with Gasteiger partial charge in [-0.1, -0.05) is 47.8 Å². The van der Waals surface area contributed by atoms with Crippen LogP contribution < -0.4 is 10.6 Å². The van der Waals surface area contributed by atoms with Crippen LogP contribution >= 0.6 is 34.8 Å². The fourth-order valence-electron chi connectivity index (χ4n) is 1.79. The molecule has 21 heavy (non-hydrogen) atoms. The number of nitrogens with one attached hydrogen (secondary N) is 2. The predicted octanol–water partition coefficient (Wildman–Crippen LogP) is 5.92. The summed E-state index contributed by atoms with van der Waals surface area (Å²) in [5.41, 5.74) is 1.80. The Balaban J connectivity index is 2.33. The molecule has 0 aliphatic heterocycles. The number of hydrogen-bond donors (Lipinski definition) is 2. The lowest BCUT2D eigenvalue weighted by atomic mass is 10.2. The van der Waals surface area contributed by atoms with E-state index >= 15 is 0 Å². The highest BCUT2D eigenvalue weighted by molar-refractivity contribution is 6.37. The van der Waals surface area contributed by atoms with Crippen molar-refractivity contribution in [2.24, 2.45) is 0 Å². The topological polar surface area (TPSA) is 37.0 Å². The highest BCUT2D eigenvalue weighted by atomic mass is 35.5. The largest absolute Gasteiger partial charge is 0.369 e. The minimum absolute atomic E-state index is 0.460. The third kappa shape index (κ3) is 3.94. The second-order valence-corrected chi connectivity index (χ2v) is 5.84. The molecule has 0 fully saturated rings. The van der Waals surface area contributed by atoms with Crippen molar-refractivity contribution >= 4 is 52.1 Å². The molecule has 6 heteroatoms. The lowest BCUT2D eigenvalue weighted by molar-refractivity contribution is 0.970. The second kappa shape index (κ2) is 7.21. The van der Waals surface area contributed by atoms with Crippen LogP contribution in [0.1, 0.15) is 18.9 Å². The van der Waals surface area contributed by atoms with E-state index in [0.29, 0.717) is 26.7 Å². The molecule has 2 rings (SSSR count). The molecule has 112 valence electrons. The first-order chi connectivity index (χ1) is 10.0. The summed E-state index contributed by atoms with van der Waals surface area (Å²) in [4.78, 5) is 4.45. The van der Waals surface area contributed by atoms with Gasteiger partial charge in [0.2, 0.25) is 0 Å². The Bertz CT molecular complexity index is 644. The fourth-order valence-corrected chi connectivity index (χ4v) is 2.44. The van der Waals surface area contributed by atoms with Crippen molar-refractivity contribution in [1.82, 2.24) is 4.98 Å². The van der Waals surface area contributed by atoms with Gasteiger partial charge in [-0.25, -0.2) is 4.98 Å². The van der Waals surface area contributed by atoms with Crippen molar-refractivity contribution < 1.29 is 0 Å². The van der Waals surface area contributed by atoms with Gasteiger partial charge in [-0.3, -0.25) is 0 Å². The minimum Gasteiger partial charge on any atom is -0.369 e. The molecular formula is C15H16Cl3N3. The van der Waals surface area contributed by atoms with Crippen LogP contribution in [0, 0.1) is 6.92 Å². The second-order valence-electron chi connectivity index (χ2n) is 4.61. The van der Waals surface area contributed by atoms with Gasteiger partial charge < -0.3 is 10.6 Å². The van der Waals surface area contributed by atoms with Gasteiger partial charge >= 0.3 is 0 Å². The first-order valence-corrected chi connectivity index (χ1v) is 7.78. The standard InChI is InChI=1S/C15H16Cl3N3/c1-3-7-19-14-11(17)8-12(18)15(21-14)20-13-6-4-5-10(16)9(13)2/h4-6,8H,3,7H2,1-2H3,(H2,19,20,21). The van der Waals surface area contributed by atoms with Crippen molar-refractivity contribution in [1.29, 1.82) is 0 Å². The van der Waals surface area contributed by atoms with Crippen molar-refractivity contribution in [2.45, 2.75) is 20.3 Å². The third-order valence-corrected chi connectivity index (χ3v) is 3.98. The molecule has 0 aliphatic rings. The Labute approximate surface area is 139 Å². The normalized spacial score (nSPS) is 10.5. The molecule has 2 N–H and O–H groups in total. The van der Waals surface area contributed by atoms with E-state index in [0.717, 1.165) is 24.2 Å². The number of rotatable bonds is 5. The van der Waals surface area contributed by atoms with E-state index in [2.05, 4.69) is 22.5 Å². The van der Waals surface area contributed by atoms with Crippen LogP contribution in [0.15, 0.2) is 24.3 Å². The molecule has 0 bridgehead atoms. The fraction of sp³-hybridized carbons (Fsp3) is 0.267. The first kappa shape index (κ1) is 16.2. The van der Waals surface area contributed by atoms with Crippen molar-refractivity contribution in [2.75, 3.05) is 17.2 Å². The molecular weight excluding hydrogens is 329 g/mol. The number of aromatic nitrogens is 1. The molecule has 0 amide bonds. The number of halogens is 3. The highest BCUT2D eigenvalue weighted by Gasteiger charge is 2.11. The van der Waals surface area contributed by atoms with Gasteiger partial charge in [0.15, 0.2) is 5.82 Å². The van der Waals surface area contributed by atoms with Gasteiger partial charge in [0.25, 0.3) is 0 Å². The summed E-state index contributed by atoms with van der Waals surface area (Å²) in [6, 6.07) is 7.31. The minimum atomic E-state index is 0.460. The maximum Gasteiger partial charge on any atom is 0.151 e. The maximum absolute atomic E-state index is 6.21. The number of benzene rings is 1. The lowest BCUT2D eigenvalue weighted by Crippen LogP contribution is -2.05. The van der Waals surface area contributed by atoms with Crippen LogP contribution in [0.3, 0.4) is 0 Å². The number of pyridine rings is 1. The molecule has 3 nitrogen and oxygen atoms in total. The average Bonchev–Trinajstić information content (AvgIpc) is 2.45. The van der Waals surface area contributed by atoms with E-state index in [-0.39, 0.29) is 0 Å². The summed E-state index contributed by atoms with van der Waals surface area (Å²) in [7, 11) is 0. The van der Waals surface area contributed by atoms with Crippen LogP contribution in [0.25, 0.3) is 0 Å². The van der Waals surface area contributed by atoms with Crippen LogP contribution in [0.2, 0.25) is 15.1 Å². The van der Waals surface area contributed by atoms with Crippen LogP contribution in [0.5, 0.6) is 0 Å². The smallest absolute Gasteiger partial charge is 0.151 e. The van der Waals surface area contributed by atoms with E-state index in [9.17, 15) is 0 Å².